The number of imidazole rings is 1. The minimum absolute atomic E-state index is 0.340. The van der Waals surface area contributed by atoms with Crippen LogP contribution in [-0.4, -0.2) is 51.4 Å². The molecular weight excluding hydrogens is 336 g/mol. The molecule has 3 aliphatic rings. The summed E-state index contributed by atoms with van der Waals surface area (Å²) in [6.45, 7) is 5.68. The highest BCUT2D eigenvalue weighted by Crippen LogP contribution is 2.31. The van der Waals surface area contributed by atoms with E-state index in [0.717, 1.165) is 63.5 Å². The monoisotopic (exact) mass is 366 g/mol. The molecule has 2 aliphatic carbocycles. The quantitative estimate of drug-likeness (QED) is 0.815. The van der Waals surface area contributed by atoms with Gasteiger partial charge in [0, 0.05) is 38.6 Å². The molecule has 0 atom stereocenters. The van der Waals surface area contributed by atoms with Crippen LogP contribution in [0.2, 0.25) is 0 Å². The van der Waals surface area contributed by atoms with Crippen LogP contribution in [0.4, 0.5) is 0 Å². The lowest BCUT2D eigenvalue weighted by molar-refractivity contribution is -0.134. The summed E-state index contributed by atoms with van der Waals surface area (Å²) >= 11 is 0. The molecule has 2 heterocycles. The Kier molecular flexibility index (Phi) is 4.64. The van der Waals surface area contributed by atoms with Gasteiger partial charge >= 0.3 is 0 Å². The van der Waals surface area contributed by atoms with Gasteiger partial charge in [-0.3, -0.25) is 9.69 Å². The van der Waals surface area contributed by atoms with E-state index in [1.54, 1.807) is 0 Å². The highest BCUT2D eigenvalue weighted by molar-refractivity contribution is 5.81. The van der Waals surface area contributed by atoms with E-state index in [0.29, 0.717) is 11.8 Å². The third-order valence-electron chi connectivity index (χ3n) is 6.62. The van der Waals surface area contributed by atoms with Gasteiger partial charge < -0.3 is 9.47 Å². The highest BCUT2D eigenvalue weighted by atomic mass is 16.2. The summed E-state index contributed by atoms with van der Waals surface area (Å²) in [7, 11) is 0. The summed E-state index contributed by atoms with van der Waals surface area (Å²) in [5.41, 5.74) is 2.40. The van der Waals surface area contributed by atoms with Crippen molar-refractivity contribution in [2.24, 2.45) is 11.8 Å². The predicted molar refractivity (Wildman–Crippen MR) is 106 cm³/mol. The second kappa shape index (κ2) is 7.27. The molecule has 5 nitrogen and oxygen atoms in total. The van der Waals surface area contributed by atoms with Gasteiger partial charge in [-0.05, 0) is 43.7 Å². The van der Waals surface area contributed by atoms with Crippen LogP contribution in [0.5, 0.6) is 0 Å². The number of benzene rings is 1. The molecule has 5 heteroatoms. The van der Waals surface area contributed by atoms with E-state index in [1.807, 2.05) is 0 Å². The average Bonchev–Trinajstić information content (AvgIpc) is 3.32. The maximum absolute atomic E-state index is 12.3. The van der Waals surface area contributed by atoms with Crippen molar-refractivity contribution < 1.29 is 4.79 Å². The van der Waals surface area contributed by atoms with Crippen molar-refractivity contribution in [1.29, 1.82) is 0 Å². The smallest absolute Gasteiger partial charge is 0.225 e. The lowest BCUT2D eigenvalue weighted by atomic mass is 10.1. The maximum atomic E-state index is 12.3. The molecule has 1 aromatic carbocycles. The first kappa shape index (κ1) is 17.2. The molecule has 0 bridgehead atoms. The van der Waals surface area contributed by atoms with Gasteiger partial charge in [-0.25, -0.2) is 4.98 Å². The second-order valence-electron chi connectivity index (χ2n) is 8.65. The van der Waals surface area contributed by atoms with Gasteiger partial charge in [0.25, 0.3) is 0 Å². The van der Waals surface area contributed by atoms with Crippen molar-refractivity contribution in [2.45, 2.75) is 51.6 Å². The Morgan fingerprint density at radius 2 is 1.74 bits per heavy atom. The first-order valence-electron chi connectivity index (χ1n) is 10.7. The number of amides is 1. The van der Waals surface area contributed by atoms with E-state index in [-0.39, 0.29) is 0 Å². The Morgan fingerprint density at radius 3 is 2.48 bits per heavy atom. The minimum atomic E-state index is 0.340. The Morgan fingerprint density at radius 1 is 1.00 bits per heavy atom. The summed E-state index contributed by atoms with van der Waals surface area (Å²) in [5, 5.41) is 0. The van der Waals surface area contributed by atoms with Crippen LogP contribution in [-0.2, 0) is 17.9 Å². The third-order valence-corrected chi connectivity index (χ3v) is 6.62. The van der Waals surface area contributed by atoms with E-state index >= 15 is 0 Å². The fourth-order valence-corrected chi connectivity index (χ4v) is 4.82. The summed E-state index contributed by atoms with van der Waals surface area (Å²) < 4.78 is 2.48. The molecule has 0 radical (unpaired) electrons. The minimum Gasteiger partial charge on any atom is -0.340 e. The molecule has 1 saturated heterocycles. The Labute approximate surface area is 161 Å². The molecule has 1 aromatic heterocycles. The molecule has 0 N–H and O–H groups in total. The molecule has 0 unspecified atom stereocenters. The largest absolute Gasteiger partial charge is 0.340 e. The first-order chi connectivity index (χ1) is 13.3. The van der Waals surface area contributed by atoms with Gasteiger partial charge in [-0.1, -0.05) is 25.0 Å². The van der Waals surface area contributed by atoms with Crippen molar-refractivity contribution in [1.82, 2.24) is 19.4 Å². The summed E-state index contributed by atoms with van der Waals surface area (Å²) in [5.74, 6) is 2.73. The van der Waals surface area contributed by atoms with Gasteiger partial charge in [0.15, 0.2) is 0 Å². The molecule has 2 aromatic rings. The van der Waals surface area contributed by atoms with Crippen LogP contribution in [0.25, 0.3) is 11.0 Å². The van der Waals surface area contributed by atoms with E-state index in [4.69, 9.17) is 4.98 Å². The number of carbonyl (C=O) groups excluding carboxylic acids is 1. The fourth-order valence-electron chi connectivity index (χ4n) is 4.82. The van der Waals surface area contributed by atoms with Gasteiger partial charge in [-0.2, -0.15) is 0 Å². The summed E-state index contributed by atoms with van der Waals surface area (Å²) in [6.07, 6.45) is 7.67. The number of aromatic nitrogens is 2. The Balaban J connectivity index is 1.30. The maximum Gasteiger partial charge on any atom is 0.225 e. The van der Waals surface area contributed by atoms with Crippen molar-refractivity contribution >= 4 is 16.9 Å². The van der Waals surface area contributed by atoms with Crippen LogP contribution in [0.3, 0.4) is 0 Å². The lowest BCUT2D eigenvalue weighted by Gasteiger charge is -2.34. The van der Waals surface area contributed by atoms with Crippen molar-refractivity contribution in [3.05, 3.63) is 30.1 Å². The van der Waals surface area contributed by atoms with Gasteiger partial charge in [0.05, 0.1) is 17.6 Å². The zero-order chi connectivity index (χ0) is 18.2. The highest BCUT2D eigenvalue weighted by Gasteiger charge is 2.34. The van der Waals surface area contributed by atoms with E-state index in [9.17, 15) is 4.79 Å². The number of carbonyl (C=O) groups is 1. The zero-order valence-electron chi connectivity index (χ0n) is 16.1. The molecule has 2 saturated carbocycles. The molecule has 1 amide bonds. The number of hydrogen-bond donors (Lipinski definition) is 0. The topological polar surface area (TPSA) is 41.4 Å². The van der Waals surface area contributed by atoms with Crippen LogP contribution in [0.15, 0.2) is 24.3 Å². The first-order valence-corrected chi connectivity index (χ1v) is 10.7. The van der Waals surface area contributed by atoms with Gasteiger partial charge in [0.1, 0.15) is 5.82 Å². The van der Waals surface area contributed by atoms with Crippen molar-refractivity contribution in [2.75, 3.05) is 26.2 Å². The van der Waals surface area contributed by atoms with Crippen molar-refractivity contribution in [3.63, 3.8) is 0 Å². The van der Waals surface area contributed by atoms with Gasteiger partial charge in [0.2, 0.25) is 5.91 Å². The molecule has 0 spiro atoms. The van der Waals surface area contributed by atoms with Crippen LogP contribution in [0, 0.1) is 11.8 Å². The van der Waals surface area contributed by atoms with Crippen LogP contribution >= 0.6 is 0 Å². The fraction of sp³-hybridized carbons (Fsp3) is 0.636. The standard InChI is InChI=1S/C22H30N4O/c27-22(18-9-10-18)25-13-11-24(12-14-25)16-21-23-19-7-3-4-8-20(19)26(21)15-17-5-1-2-6-17/h3-4,7-8,17-18H,1-2,5-6,9-16H2. The number of para-hydroxylation sites is 2. The van der Waals surface area contributed by atoms with E-state index < -0.39 is 0 Å². The Hall–Kier alpha value is -1.88. The average molecular weight is 367 g/mol. The van der Waals surface area contributed by atoms with E-state index in [1.165, 1.54) is 37.0 Å². The second-order valence-corrected chi connectivity index (χ2v) is 8.65. The molecule has 27 heavy (non-hydrogen) atoms. The predicted octanol–water partition coefficient (Wildman–Crippen LogP) is 3.28. The number of rotatable bonds is 5. The molecular formula is C22H30N4O. The number of nitrogens with zero attached hydrogens (tertiary/aromatic N) is 4. The molecule has 3 fully saturated rings. The number of piperazine rings is 1. The lowest BCUT2D eigenvalue weighted by Crippen LogP contribution is -2.49. The van der Waals surface area contributed by atoms with Crippen molar-refractivity contribution in [3.8, 4) is 0 Å². The van der Waals surface area contributed by atoms with Crippen LogP contribution in [0.1, 0.15) is 44.3 Å². The number of hydrogen-bond acceptors (Lipinski definition) is 3. The normalized spacial score (nSPS) is 22.0. The SMILES string of the molecule is O=C(C1CC1)N1CCN(Cc2nc3ccccc3n2CC2CCCC2)CC1. The van der Waals surface area contributed by atoms with E-state index in [2.05, 4.69) is 38.6 Å². The summed E-state index contributed by atoms with van der Waals surface area (Å²) in [4.78, 5) is 21.8. The molecule has 1 aliphatic heterocycles. The Bertz CT molecular complexity index is 811. The molecule has 144 valence electrons. The van der Waals surface area contributed by atoms with Crippen LogP contribution < -0.4 is 0 Å². The number of fused-ring (bicyclic) bond motifs is 1. The van der Waals surface area contributed by atoms with Gasteiger partial charge in [-0.15, -0.1) is 0 Å². The zero-order valence-corrected chi connectivity index (χ0v) is 16.1. The third kappa shape index (κ3) is 3.62. The summed E-state index contributed by atoms with van der Waals surface area (Å²) in [6, 6.07) is 8.56. The molecule has 5 rings (SSSR count).